The third-order valence-electron chi connectivity index (χ3n) is 5.67. The van der Waals surface area contributed by atoms with Gasteiger partial charge in [0.15, 0.2) is 0 Å². The summed E-state index contributed by atoms with van der Waals surface area (Å²) in [6.07, 6.45) is 3.22. The normalized spacial score (nSPS) is 23.1. The van der Waals surface area contributed by atoms with E-state index in [0.29, 0.717) is 17.3 Å². The quantitative estimate of drug-likeness (QED) is 0.754. The third kappa shape index (κ3) is 5.10. The molecule has 1 amide bonds. The number of nitrogens with one attached hydrogen (secondary N) is 2. The number of hydrogen-bond acceptors (Lipinski definition) is 4. The largest absolute Gasteiger partial charge is 0.324 e. The van der Waals surface area contributed by atoms with Gasteiger partial charge in [-0.05, 0) is 55.1 Å². The second-order valence-electron chi connectivity index (χ2n) is 7.73. The highest BCUT2D eigenvalue weighted by Crippen LogP contribution is 2.35. The number of rotatable bonds is 5. The number of amides is 1. The molecule has 3 saturated heterocycles. The fraction of sp³-hybridized carbons (Fsp3) is 0.381. The molecule has 8 heteroatoms. The summed E-state index contributed by atoms with van der Waals surface area (Å²) >= 11 is 0. The second kappa shape index (κ2) is 8.73. The first-order chi connectivity index (χ1) is 13.4. The fourth-order valence-electron chi connectivity index (χ4n) is 4.24. The number of hydrogen-bond donors (Lipinski definition) is 2. The first-order valence-corrected chi connectivity index (χ1v) is 11.5. The number of sulfonamides is 1. The maximum Gasteiger partial charge on any atom is 0.229 e. The van der Waals surface area contributed by atoms with Crippen LogP contribution in [0.5, 0.6) is 0 Å². The minimum absolute atomic E-state index is 0. The maximum absolute atomic E-state index is 12.9. The van der Waals surface area contributed by atoms with Crippen LogP contribution in [0.2, 0.25) is 0 Å². The maximum atomic E-state index is 12.9. The molecule has 1 unspecified atom stereocenters. The fourth-order valence-corrected chi connectivity index (χ4v) is 4.80. The zero-order valence-electron chi connectivity index (χ0n) is 16.3. The van der Waals surface area contributed by atoms with Gasteiger partial charge >= 0.3 is 0 Å². The van der Waals surface area contributed by atoms with Gasteiger partial charge in [-0.1, -0.05) is 36.4 Å². The Morgan fingerprint density at radius 2 is 1.69 bits per heavy atom. The Hall–Kier alpha value is -2.09. The Morgan fingerprint density at radius 3 is 2.28 bits per heavy atom. The minimum atomic E-state index is -3.48. The Bertz CT molecular complexity index is 974. The van der Waals surface area contributed by atoms with E-state index in [1.54, 1.807) is 12.1 Å². The van der Waals surface area contributed by atoms with Crippen LogP contribution < -0.4 is 10.0 Å². The van der Waals surface area contributed by atoms with Gasteiger partial charge in [0.1, 0.15) is 0 Å². The van der Waals surface area contributed by atoms with E-state index in [0.717, 1.165) is 49.9 Å². The van der Waals surface area contributed by atoms with Gasteiger partial charge in [-0.25, -0.2) is 8.42 Å². The van der Waals surface area contributed by atoms with Crippen molar-refractivity contribution < 1.29 is 13.2 Å². The van der Waals surface area contributed by atoms with Crippen LogP contribution >= 0.6 is 12.4 Å². The molecular weight excluding hydrogens is 410 g/mol. The molecule has 3 aliphatic rings. The highest BCUT2D eigenvalue weighted by Gasteiger charge is 2.38. The summed E-state index contributed by atoms with van der Waals surface area (Å²) in [7, 11) is -3.48. The topological polar surface area (TPSA) is 78.5 Å². The average molecular weight is 436 g/mol. The predicted octanol–water partition coefficient (Wildman–Crippen LogP) is 3.43. The number of benzene rings is 2. The standard InChI is InChI=1S/C21H25N3O3S.ClH/c1-28(26,27)23-20-13-17(15-5-3-2-4-6-15)7-8-19(20)22-21(25)18-14-24-11-9-16(18)10-12-24;/h2-8,13,16,18,23H,9-12,14H2,1H3,(H,22,25);1H. The van der Waals surface area contributed by atoms with E-state index in [4.69, 9.17) is 0 Å². The lowest BCUT2D eigenvalue weighted by Gasteiger charge is -2.43. The van der Waals surface area contributed by atoms with E-state index in [1.807, 2.05) is 36.4 Å². The van der Waals surface area contributed by atoms with Crippen molar-refractivity contribution >= 4 is 39.7 Å². The monoisotopic (exact) mass is 435 g/mol. The first kappa shape index (κ1) is 21.6. The van der Waals surface area contributed by atoms with E-state index >= 15 is 0 Å². The van der Waals surface area contributed by atoms with E-state index in [2.05, 4.69) is 14.9 Å². The van der Waals surface area contributed by atoms with Crippen molar-refractivity contribution in [3.8, 4) is 11.1 Å². The number of piperidine rings is 3. The van der Waals surface area contributed by atoms with Crippen molar-refractivity contribution in [1.29, 1.82) is 0 Å². The summed E-state index contributed by atoms with van der Waals surface area (Å²) < 4.78 is 26.3. The van der Waals surface area contributed by atoms with E-state index in [1.165, 1.54) is 0 Å². The van der Waals surface area contributed by atoms with Crippen molar-refractivity contribution in [3.05, 3.63) is 48.5 Å². The van der Waals surface area contributed by atoms with Crippen molar-refractivity contribution in [2.45, 2.75) is 12.8 Å². The predicted molar refractivity (Wildman–Crippen MR) is 119 cm³/mol. The summed E-state index contributed by atoms with van der Waals surface area (Å²) in [5, 5.41) is 2.97. The molecule has 0 spiro atoms. The van der Waals surface area contributed by atoms with Gasteiger partial charge in [-0.15, -0.1) is 12.4 Å². The number of carbonyl (C=O) groups is 1. The van der Waals surface area contributed by atoms with Crippen LogP contribution in [0.15, 0.2) is 48.5 Å². The molecule has 2 bridgehead atoms. The summed E-state index contributed by atoms with van der Waals surface area (Å²) in [6, 6.07) is 15.2. The van der Waals surface area contributed by atoms with Crippen molar-refractivity contribution in [3.63, 3.8) is 0 Å². The zero-order chi connectivity index (χ0) is 19.7. The molecule has 0 aliphatic carbocycles. The van der Waals surface area contributed by atoms with Crippen LogP contribution in [0, 0.1) is 11.8 Å². The number of fused-ring (bicyclic) bond motifs is 3. The van der Waals surface area contributed by atoms with E-state index in [9.17, 15) is 13.2 Å². The summed E-state index contributed by atoms with van der Waals surface area (Å²) in [4.78, 5) is 15.2. The summed E-state index contributed by atoms with van der Waals surface area (Å²) in [6.45, 7) is 2.93. The van der Waals surface area contributed by atoms with Gasteiger partial charge in [0.2, 0.25) is 15.9 Å². The van der Waals surface area contributed by atoms with Gasteiger partial charge in [0.05, 0.1) is 23.5 Å². The average Bonchev–Trinajstić information content (AvgIpc) is 2.69. The molecule has 3 heterocycles. The molecule has 2 N–H and O–H groups in total. The van der Waals surface area contributed by atoms with Crippen LogP contribution in [0.4, 0.5) is 11.4 Å². The van der Waals surface area contributed by atoms with E-state index in [-0.39, 0.29) is 24.2 Å². The van der Waals surface area contributed by atoms with Crippen molar-refractivity contribution in [2.24, 2.45) is 11.8 Å². The molecule has 29 heavy (non-hydrogen) atoms. The minimum Gasteiger partial charge on any atom is -0.324 e. The Morgan fingerprint density at radius 1 is 1.00 bits per heavy atom. The number of nitrogens with zero attached hydrogens (tertiary/aromatic N) is 1. The lowest BCUT2D eigenvalue weighted by atomic mass is 9.78. The van der Waals surface area contributed by atoms with Gasteiger partial charge in [-0.2, -0.15) is 0 Å². The van der Waals surface area contributed by atoms with Crippen LogP contribution in [0.25, 0.3) is 11.1 Å². The molecule has 3 aliphatic heterocycles. The molecule has 156 valence electrons. The smallest absolute Gasteiger partial charge is 0.229 e. The van der Waals surface area contributed by atoms with Crippen molar-refractivity contribution in [2.75, 3.05) is 35.9 Å². The summed E-state index contributed by atoms with van der Waals surface area (Å²) in [5.74, 6) is 0.348. The molecule has 6 nitrogen and oxygen atoms in total. The van der Waals surface area contributed by atoms with Gasteiger partial charge in [0, 0.05) is 6.54 Å². The van der Waals surface area contributed by atoms with Crippen molar-refractivity contribution in [1.82, 2.24) is 4.90 Å². The van der Waals surface area contributed by atoms with Crippen LogP contribution in [-0.4, -0.2) is 45.1 Å². The molecule has 2 aromatic carbocycles. The lowest BCUT2D eigenvalue weighted by Crippen LogP contribution is -2.51. The summed E-state index contributed by atoms with van der Waals surface area (Å²) in [5.41, 5.74) is 2.74. The third-order valence-corrected chi connectivity index (χ3v) is 6.26. The number of anilines is 2. The second-order valence-corrected chi connectivity index (χ2v) is 9.48. The SMILES string of the molecule is CS(=O)(=O)Nc1cc(-c2ccccc2)ccc1NC(=O)C1CN2CCC1CC2.Cl. The van der Waals surface area contributed by atoms with Gasteiger partial charge in [0.25, 0.3) is 0 Å². The molecule has 3 fully saturated rings. The highest BCUT2D eigenvalue weighted by molar-refractivity contribution is 7.92. The highest BCUT2D eigenvalue weighted by atomic mass is 35.5. The van der Waals surface area contributed by atoms with Gasteiger partial charge in [-0.3, -0.25) is 9.52 Å². The number of carbonyl (C=O) groups excluding carboxylic acids is 1. The van der Waals surface area contributed by atoms with Crippen LogP contribution in [0.1, 0.15) is 12.8 Å². The van der Waals surface area contributed by atoms with Crippen LogP contribution in [0.3, 0.4) is 0 Å². The Labute approximate surface area is 178 Å². The first-order valence-electron chi connectivity index (χ1n) is 9.59. The molecule has 5 rings (SSSR count). The lowest BCUT2D eigenvalue weighted by molar-refractivity contribution is -0.125. The van der Waals surface area contributed by atoms with Gasteiger partial charge < -0.3 is 10.2 Å². The molecule has 2 aromatic rings. The zero-order valence-corrected chi connectivity index (χ0v) is 17.9. The van der Waals surface area contributed by atoms with Crippen LogP contribution in [-0.2, 0) is 14.8 Å². The Kier molecular flexibility index (Phi) is 6.51. The molecular formula is C21H26ClN3O3S. The molecule has 0 radical (unpaired) electrons. The molecule has 0 saturated carbocycles. The molecule has 0 aromatic heterocycles. The van der Waals surface area contributed by atoms with E-state index < -0.39 is 10.0 Å². The Balaban J connectivity index is 0.00000240. The number of halogens is 1. The molecule has 1 atom stereocenters.